The van der Waals surface area contributed by atoms with Crippen LogP contribution in [0.15, 0.2) is 24.3 Å². The summed E-state index contributed by atoms with van der Waals surface area (Å²) < 4.78 is 12.9. The summed E-state index contributed by atoms with van der Waals surface area (Å²) in [5, 5.41) is 0. The summed E-state index contributed by atoms with van der Waals surface area (Å²) in [6.07, 6.45) is 1.12. The van der Waals surface area contributed by atoms with Crippen molar-refractivity contribution < 1.29 is 4.39 Å². The van der Waals surface area contributed by atoms with Crippen molar-refractivity contribution in [3.8, 4) is 0 Å². The molecule has 4 heteroatoms. The molecule has 1 aromatic rings. The lowest BCUT2D eigenvalue weighted by Gasteiger charge is -2.29. The second-order valence-electron chi connectivity index (χ2n) is 4.65. The van der Waals surface area contributed by atoms with E-state index in [-0.39, 0.29) is 5.82 Å². The van der Waals surface area contributed by atoms with Crippen LogP contribution in [-0.4, -0.2) is 44.2 Å². The summed E-state index contributed by atoms with van der Waals surface area (Å²) in [5.74, 6) is -0.184. The lowest BCUT2D eigenvalue weighted by Crippen LogP contribution is -2.43. The van der Waals surface area contributed by atoms with Crippen LogP contribution in [0.4, 0.5) is 10.1 Å². The lowest BCUT2D eigenvalue weighted by atomic mass is 10.2. The molecule has 1 aromatic carbocycles. The molecule has 3 nitrogen and oxygen atoms in total. The van der Waals surface area contributed by atoms with E-state index in [0.717, 1.165) is 31.7 Å². The van der Waals surface area contributed by atoms with Gasteiger partial charge in [-0.05, 0) is 44.3 Å². The maximum absolute atomic E-state index is 12.9. The molecule has 0 spiro atoms. The van der Waals surface area contributed by atoms with Crippen molar-refractivity contribution in [3.05, 3.63) is 30.1 Å². The van der Waals surface area contributed by atoms with Gasteiger partial charge in [0.1, 0.15) is 5.82 Å². The van der Waals surface area contributed by atoms with Gasteiger partial charge in [0.2, 0.25) is 0 Å². The van der Waals surface area contributed by atoms with Crippen LogP contribution in [0, 0.1) is 5.82 Å². The van der Waals surface area contributed by atoms with E-state index in [1.165, 1.54) is 12.1 Å². The molecule has 1 fully saturated rings. The first-order valence-corrected chi connectivity index (χ1v) is 6.11. The molecular weight excluding hydrogens is 217 g/mol. The molecule has 0 radical (unpaired) electrons. The van der Waals surface area contributed by atoms with Gasteiger partial charge >= 0.3 is 0 Å². The zero-order valence-electron chi connectivity index (χ0n) is 10.3. The fraction of sp³-hybridized carbons (Fsp3) is 0.538. The molecule has 0 aliphatic carbocycles. The number of hydrogen-bond donors (Lipinski definition) is 1. The Labute approximate surface area is 102 Å². The molecule has 0 amide bonds. The van der Waals surface area contributed by atoms with Crippen molar-refractivity contribution in [3.63, 3.8) is 0 Å². The minimum absolute atomic E-state index is 0.184. The highest BCUT2D eigenvalue weighted by molar-refractivity contribution is 5.46. The van der Waals surface area contributed by atoms with E-state index in [4.69, 9.17) is 5.73 Å². The van der Waals surface area contributed by atoms with E-state index < -0.39 is 0 Å². The molecule has 1 unspecified atom stereocenters. The summed E-state index contributed by atoms with van der Waals surface area (Å²) in [6.45, 7) is 3.65. The molecule has 1 atom stereocenters. The molecule has 0 saturated carbocycles. The number of anilines is 1. The van der Waals surface area contributed by atoms with Crippen LogP contribution in [0.2, 0.25) is 0 Å². The average Bonchev–Trinajstić information content (AvgIpc) is 2.52. The Kier molecular flexibility index (Phi) is 3.97. The molecule has 1 aliphatic heterocycles. The second-order valence-corrected chi connectivity index (χ2v) is 4.65. The number of rotatable bonds is 2. The summed E-state index contributed by atoms with van der Waals surface area (Å²) in [4.78, 5) is 4.60. The molecule has 0 aromatic heterocycles. The van der Waals surface area contributed by atoms with Gasteiger partial charge in [0, 0.05) is 31.4 Å². The Balaban J connectivity index is 2.12. The van der Waals surface area contributed by atoms with Crippen molar-refractivity contribution in [2.24, 2.45) is 5.73 Å². The van der Waals surface area contributed by atoms with Crippen LogP contribution in [0.5, 0.6) is 0 Å². The highest BCUT2D eigenvalue weighted by Gasteiger charge is 2.21. The highest BCUT2D eigenvalue weighted by Crippen LogP contribution is 2.18. The Morgan fingerprint density at radius 1 is 1.29 bits per heavy atom. The number of benzene rings is 1. The quantitative estimate of drug-likeness (QED) is 0.841. The monoisotopic (exact) mass is 237 g/mol. The van der Waals surface area contributed by atoms with Gasteiger partial charge in [-0.15, -0.1) is 0 Å². The van der Waals surface area contributed by atoms with Crippen LogP contribution < -0.4 is 10.6 Å². The van der Waals surface area contributed by atoms with E-state index >= 15 is 0 Å². The summed E-state index contributed by atoms with van der Waals surface area (Å²) in [7, 11) is 2.12. The Hall–Kier alpha value is -1.13. The standard InChI is InChI=1S/C13H20FN3/c1-16-7-2-8-17(10-13(16)9-15)12-5-3-11(14)4-6-12/h3-6,13H,2,7-10,15H2,1H3. The van der Waals surface area contributed by atoms with E-state index in [0.29, 0.717) is 12.6 Å². The number of nitrogens with zero attached hydrogens (tertiary/aromatic N) is 2. The molecule has 94 valence electrons. The zero-order valence-corrected chi connectivity index (χ0v) is 10.3. The topological polar surface area (TPSA) is 32.5 Å². The van der Waals surface area contributed by atoms with Crippen molar-refractivity contribution in [1.29, 1.82) is 0 Å². The molecule has 1 heterocycles. The molecule has 0 bridgehead atoms. The molecular formula is C13H20FN3. The molecule has 1 aliphatic rings. The van der Waals surface area contributed by atoms with Crippen molar-refractivity contribution >= 4 is 5.69 Å². The first-order chi connectivity index (χ1) is 8.20. The van der Waals surface area contributed by atoms with E-state index in [2.05, 4.69) is 16.8 Å². The molecule has 2 N–H and O–H groups in total. The van der Waals surface area contributed by atoms with E-state index in [9.17, 15) is 4.39 Å². The molecule has 1 saturated heterocycles. The third-order valence-corrected chi connectivity index (χ3v) is 3.46. The van der Waals surface area contributed by atoms with Gasteiger partial charge < -0.3 is 15.5 Å². The maximum Gasteiger partial charge on any atom is 0.123 e. The van der Waals surface area contributed by atoms with Crippen molar-refractivity contribution in [2.75, 3.05) is 38.1 Å². The highest BCUT2D eigenvalue weighted by atomic mass is 19.1. The van der Waals surface area contributed by atoms with Gasteiger partial charge in [-0.3, -0.25) is 0 Å². The van der Waals surface area contributed by atoms with Crippen LogP contribution in [-0.2, 0) is 0 Å². The van der Waals surface area contributed by atoms with Crippen LogP contribution >= 0.6 is 0 Å². The lowest BCUT2D eigenvalue weighted by molar-refractivity contribution is 0.266. The molecule has 2 rings (SSSR count). The van der Waals surface area contributed by atoms with Crippen molar-refractivity contribution in [2.45, 2.75) is 12.5 Å². The average molecular weight is 237 g/mol. The van der Waals surface area contributed by atoms with Gasteiger partial charge in [0.25, 0.3) is 0 Å². The number of hydrogen-bond acceptors (Lipinski definition) is 3. The Bertz CT molecular complexity index is 352. The van der Waals surface area contributed by atoms with Gasteiger partial charge in [0.05, 0.1) is 0 Å². The SMILES string of the molecule is CN1CCCN(c2ccc(F)cc2)CC1CN. The summed E-state index contributed by atoms with van der Waals surface area (Å²) in [5.41, 5.74) is 6.88. The number of nitrogens with two attached hydrogens (primary N) is 1. The van der Waals surface area contributed by atoms with E-state index in [1.54, 1.807) is 0 Å². The van der Waals surface area contributed by atoms with Crippen LogP contribution in [0.1, 0.15) is 6.42 Å². The minimum atomic E-state index is -0.184. The third kappa shape index (κ3) is 2.96. The predicted molar refractivity (Wildman–Crippen MR) is 68.7 cm³/mol. The van der Waals surface area contributed by atoms with Gasteiger partial charge in [-0.25, -0.2) is 4.39 Å². The van der Waals surface area contributed by atoms with Gasteiger partial charge in [-0.1, -0.05) is 0 Å². The number of halogens is 1. The molecule has 17 heavy (non-hydrogen) atoms. The van der Waals surface area contributed by atoms with Gasteiger partial charge in [-0.2, -0.15) is 0 Å². The smallest absolute Gasteiger partial charge is 0.123 e. The largest absolute Gasteiger partial charge is 0.370 e. The third-order valence-electron chi connectivity index (χ3n) is 3.46. The van der Waals surface area contributed by atoms with Crippen molar-refractivity contribution in [1.82, 2.24) is 4.90 Å². The normalized spacial score (nSPS) is 22.5. The second kappa shape index (κ2) is 5.47. The minimum Gasteiger partial charge on any atom is -0.370 e. The van der Waals surface area contributed by atoms with Crippen LogP contribution in [0.3, 0.4) is 0 Å². The van der Waals surface area contributed by atoms with E-state index in [1.807, 2.05) is 12.1 Å². The first kappa shape index (κ1) is 12.3. The maximum atomic E-state index is 12.9. The summed E-state index contributed by atoms with van der Waals surface area (Å²) in [6, 6.07) is 7.09. The zero-order chi connectivity index (χ0) is 12.3. The fourth-order valence-electron chi connectivity index (χ4n) is 2.32. The van der Waals surface area contributed by atoms with Crippen LogP contribution in [0.25, 0.3) is 0 Å². The predicted octanol–water partition coefficient (Wildman–Crippen LogP) is 1.29. The number of likely N-dealkylation sites (N-methyl/N-ethyl adjacent to an activating group) is 1. The summed E-state index contributed by atoms with van der Waals surface area (Å²) >= 11 is 0. The van der Waals surface area contributed by atoms with Gasteiger partial charge in [0.15, 0.2) is 0 Å². The fourth-order valence-corrected chi connectivity index (χ4v) is 2.32. The Morgan fingerprint density at radius 3 is 2.65 bits per heavy atom. The first-order valence-electron chi connectivity index (χ1n) is 6.11. The Morgan fingerprint density at radius 2 is 2.00 bits per heavy atom.